The zero-order valence-corrected chi connectivity index (χ0v) is 24.7. The fourth-order valence-electron chi connectivity index (χ4n) is 4.65. The Morgan fingerprint density at radius 1 is 1.14 bits per heavy atom. The van der Waals surface area contributed by atoms with Crippen LogP contribution in [0.25, 0.3) is 0 Å². The number of rotatable bonds is 12. The minimum Gasteiger partial charge on any atom is -0.497 e. The van der Waals surface area contributed by atoms with Gasteiger partial charge in [-0.05, 0) is 65.8 Å². The van der Waals surface area contributed by atoms with Gasteiger partial charge < -0.3 is 25.3 Å². The minimum absolute atomic E-state index is 0.00667. The van der Waals surface area contributed by atoms with E-state index in [1.807, 2.05) is 16.7 Å². The zero-order valence-electron chi connectivity index (χ0n) is 23.9. The first-order valence-corrected chi connectivity index (χ1v) is 14.1. The number of alkyl halides is 3. The highest BCUT2D eigenvalue weighted by Crippen LogP contribution is 2.32. The van der Waals surface area contributed by atoms with Crippen LogP contribution in [0, 0.1) is 17.2 Å². The lowest BCUT2D eigenvalue weighted by molar-refractivity contribution is -0.138. The normalized spacial score (nSPS) is 11.8. The highest BCUT2D eigenvalue weighted by atomic mass is 32.1. The van der Waals surface area contributed by atoms with Crippen molar-refractivity contribution >= 4 is 28.8 Å². The summed E-state index contributed by atoms with van der Waals surface area (Å²) in [5.74, 6) is -0.304. The molecule has 0 unspecified atom stereocenters. The Bertz CT molecular complexity index is 1610. The van der Waals surface area contributed by atoms with E-state index in [0.717, 1.165) is 11.6 Å². The fraction of sp³-hybridized carbons (Fsp3) is 0.250. The SMILES string of the molecule is COc1ccc(NC(=S)N(Cc2ccccc2C(F)(F)F)C[C@H](CN)C(=O)Cc2cncn2Cc2ccc(C#N)cc2)cc1. The monoisotopic (exact) mass is 620 g/mol. The third-order valence-electron chi connectivity index (χ3n) is 7.08. The Morgan fingerprint density at radius 3 is 2.48 bits per heavy atom. The smallest absolute Gasteiger partial charge is 0.416 e. The number of ketones is 1. The quantitative estimate of drug-likeness (QED) is 0.202. The molecule has 0 radical (unpaired) electrons. The number of aromatic nitrogens is 2. The minimum atomic E-state index is -4.57. The number of benzene rings is 3. The van der Waals surface area contributed by atoms with Gasteiger partial charge in [-0.2, -0.15) is 18.4 Å². The first kappa shape index (κ1) is 32.2. The Hall–Kier alpha value is -4.73. The standard InChI is InChI=1S/C32H31F3N6O2S/c1-43-28-12-10-26(11-13-28)39-31(44)40(19-24-4-2-3-5-29(24)32(33,34)35)20-25(16-37)30(42)14-27-17-38-21-41(27)18-23-8-6-22(15-36)7-9-23/h2-13,17,21,25H,14,16,18-20,37H2,1H3,(H,39,44)/t25-/m0/s1. The molecule has 3 N–H and O–H groups in total. The second-order valence-electron chi connectivity index (χ2n) is 10.1. The molecule has 0 aliphatic carbocycles. The third kappa shape index (κ3) is 8.43. The van der Waals surface area contributed by atoms with Gasteiger partial charge >= 0.3 is 6.18 Å². The third-order valence-corrected chi connectivity index (χ3v) is 7.44. The summed E-state index contributed by atoms with van der Waals surface area (Å²) in [5, 5.41) is 12.2. The van der Waals surface area contributed by atoms with E-state index in [1.54, 1.807) is 48.9 Å². The summed E-state index contributed by atoms with van der Waals surface area (Å²) >= 11 is 5.65. The maximum Gasteiger partial charge on any atom is 0.416 e. The Balaban J connectivity index is 1.54. The number of nitriles is 1. The van der Waals surface area contributed by atoms with Crippen molar-refractivity contribution in [3.05, 3.63) is 113 Å². The summed E-state index contributed by atoms with van der Waals surface area (Å²) in [6.45, 7) is 0.203. The van der Waals surface area contributed by atoms with Gasteiger partial charge in [0.15, 0.2) is 5.11 Å². The number of nitrogens with zero attached hydrogens (tertiary/aromatic N) is 4. The van der Waals surface area contributed by atoms with Gasteiger partial charge in [0, 0.05) is 56.1 Å². The molecule has 8 nitrogen and oxygen atoms in total. The summed E-state index contributed by atoms with van der Waals surface area (Å²) in [6.07, 6.45) is -1.33. The van der Waals surface area contributed by atoms with E-state index >= 15 is 0 Å². The second kappa shape index (κ2) is 14.6. The number of methoxy groups -OCH3 is 1. The lowest BCUT2D eigenvalue weighted by atomic mass is 9.99. The van der Waals surface area contributed by atoms with Gasteiger partial charge in [0.2, 0.25) is 0 Å². The summed E-state index contributed by atoms with van der Waals surface area (Å²) in [5.41, 5.74) is 8.03. The number of anilines is 1. The van der Waals surface area contributed by atoms with Crippen molar-refractivity contribution in [2.45, 2.75) is 25.7 Å². The number of thiocarbonyl (C=S) groups is 1. The van der Waals surface area contributed by atoms with Crippen molar-refractivity contribution in [3.63, 3.8) is 0 Å². The predicted octanol–water partition coefficient (Wildman–Crippen LogP) is 5.42. The largest absolute Gasteiger partial charge is 0.497 e. The Kier molecular flexibility index (Phi) is 10.7. The highest BCUT2D eigenvalue weighted by molar-refractivity contribution is 7.80. The summed E-state index contributed by atoms with van der Waals surface area (Å²) < 4.78 is 48.5. The van der Waals surface area contributed by atoms with Crippen LogP contribution in [-0.2, 0) is 30.5 Å². The van der Waals surface area contributed by atoms with Gasteiger partial charge in [-0.1, -0.05) is 30.3 Å². The van der Waals surface area contributed by atoms with E-state index in [2.05, 4.69) is 16.4 Å². The second-order valence-corrected chi connectivity index (χ2v) is 10.5. The van der Waals surface area contributed by atoms with E-state index in [0.29, 0.717) is 29.2 Å². The molecule has 1 heterocycles. The average molecular weight is 621 g/mol. The molecule has 4 aromatic rings. The Labute approximate surface area is 258 Å². The van der Waals surface area contributed by atoms with Gasteiger partial charge in [-0.25, -0.2) is 4.98 Å². The molecule has 1 aromatic heterocycles. The summed E-state index contributed by atoms with van der Waals surface area (Å²) in [4.78, 5) is 19.3. The molecule has 0 amide bonds. The van der Waals surface area contributed by atoms with Crippen LogP contribution < -0.4 is 15.8 Å². The first-order chi connectivity index (χ1) is 21.1. The van der Waals surface area contributed by atoms with Gasteiger partial charge in [0.05, 0.1) is 30.6 Å². The van der Waals surface area contributed by atoms with Crippen molar-refractivity contribution in [2.24, 2.45) is 11.7 Å². The number of carbonyl (C=O) groups is 1. The number of nitrogens with two attached hydrogens (primary N) is 1. The summed E-state index contributed by atoms with van der Waals surface area (Å²) in [7, 11) is 1.54. The number of imidazole rings is 1. The maximum absolute atomic E-state index is 13.8. The fourth-order valence-corrected chi connectivity index (χ4v) is 4.91. The van der Waals surface area contributed by atoms with Gasteiger partial charge in [0.25, 0.3) is 0 Å². The van der Waals surface area contributed by atoms with Crippen LogP contribution in [0.4, 0.5) is 18.9 Å². The molecular formula is C32H31F3N6O2S. The van der Waals surface area contributed by atoms with Crippen molar-refractivity contribution in [1.29, 1.82) is 5.26 Å². The molecule has 44 heavy (non-hydrogen) atoms. The molecule has 0 aliphatic rings. The average Bonchev–Trinajstić information content (AvgIpc) is 3.45. The van der Waals surface area contributed by atoms with Crippen LogP contribution in [0.2, 0.25) is 0 Å². The lowest BCUT2D eigenvalue weighted by Gasteiger charge is -2.30. The van der Waals surface area contributed by atoms with E-state index in [4.69, 9.17) is 28.0 Å². The molecule has 12 heteroatoms. The maximum atomic E-state index is 13.8. The van der Waals surface area contributed by atoms with Crippen LogP contribution >= 0.6 is 12.2 Å². The van der Waals surface area contributed by atoms with E-state index in [-0.39, 0.29) is 42.5 Å². The molecular weight excluding hydrogens is 589 g/mol. The number of nitrogens with one attached hydrogen (secondary N) is 1. The van der Waals surface area contributed by atoms with Crippen LogP contribution in [0.3, 0.4) is 0 Å². The van der Waals surface area contributed by atoms with Gasteiger partial charge in [0.1, 0.15) is 11.5 Å². The predicted molar refractivity (Wildman–Crippen MR) is 165 cm³/mol. The van der Waals surface area contributed by atoms with Crippen molar-refractivity contribution < 1.29 is 22.7 Å². The van der Waals surface area contributed by atoms with Gasteiger partial charge in [-0.3, -0.25) is 4.79 Å². The molecule has 4 rings (SSSR count). The van der Waals surface area contributed by atoms with Crippen LogP contribution in [0.15, 0.2) is 85.3 Å². The molecule has 228 valence electrons. The number of hydrogen-bond acceptors (Lipinski definition) is 6. The first-order valence-electron chi connectivity index (χ1n) is 13.7. The summed E-state index contributed by atoms with van der Waals surface area (Å²) in [6, 6.07) is 21.4. The van der Waals surface area contributed by atoms with E-state index < -0.39 is 17.7 Å². The Morgan fingerprint density at radius 2 is 1.84 bits per heavy atom. The van der Waals surface area contributed by atoms with Gasteiger partial charge in [-0.15, -0.1) is 0 Å². The van der Waals surface area contributed by atoms with Crippen LogP contribution in [0.1, 0.15) is 27.9 Å². The molecule has 0 bridgehead atoms. The molecule has 0 fully saturated rings. The molecule has 1 atom stereocenters. The van der Waals surface area contributed by atoms with Crippen molar-refractivity contribution in [3.8, 4) is 11.8 Å². The number of ether oxygens (including phenoxy) is 1. The molecule has 0 spiro atoms. The van der Waals surface area contributed by atoms with E-state index in [1.165, 1.54) is 30.2 Å². The number of Topliss-reactive ketones (excluding diaryl/α,β-unsaturated/α-hetero) is 1. The molecule has 0 aliphatic heterocycles. The topological polar surface area (TPSA) is 109 Å². The number of hydrogen-bond donors (Lipinski definition) is 2. The van der Waals surface area contributed by atoms with Crippen LogP contribution in [-0.4, -0.2) is 45.5 Å². The molecule has 0 saturated carbocycles. The zero-order chi connectivity index (χ0) is 31.7. The molecule has 0 saturated heterocycles. The van der Waals surface area contributed by atoms with Crippen LogP contribution in [0.5, 0.6) is 5.75 Å². The number of carbonyl (C=O) groups excluding carboxylic acids is 1. The highest BCUT2D eigenvalue weighted by Gasteiger charge is 2.34. The lowest BCUT2D eigenvalue weighted by Crippen LogP contribution is -2.43. The number of halogens is 3. The van der Waals surface area contributed by atoms with Crippen molar-refractivity contribution in [2.75, 3.05) is 25.5 Å². The van der Waals surface area contributed by atoms with Crippen molar-refractivity contribution in [1.82, 2.24) is 14.5 Å². The van der Waals surface area contributed by atoms with E-state index in [9.17, 15) is 18.0 Å². The molecule has 3 aromatic carbocycles.